The van der Waals surface area contributed by atoms with Crippen LogP contribution in [0.25, 0.3) is 172 Å². The minimum absolute atomic E-state index is 0.106. The van der Waals surface area contributed by atoms with Crippen molar-refractivity contribution >= 4 is 65.4 Å². The minimum atomic E-state index is -0.149. The lowest BCUT2D eigenvalue weighted by Gasteiger charge is -2.22. The third-order valence-corrected chi connectivity index (χ3v) is 21.9. The van der Waals surface area contributed by atoms with Crippen LogP contribution in [0.3, 0.4) is 0 Å². The van der Waals surface area contributed by atoms with Gasteiger partial charge >= 0.3 is 0 Å². The van der Waals surface area contributed by atoms with E-state index < -0.39 is 0 Å². The molecule has 0 bridgehead atoms. The van der Waals surface area contributed by atoms with Crippen LogP contribution in [-0.2, 0) is 10.8 Å². The quantitative estimate of drug-likeness (QED) is 0.144. The Morgan fingerprint density at radius 1 is 0.212 bits per heavy atom. The van der Waals surface area contributed by atoms with Crippen LogP contribution < -0.4 is 0 Å². The Morgan fingerprint density at radius 3 is 0.990 bits per heavy atom. The van der Waals surface area contributed by atoms with Gasteiger partial charge in [0.15, 0.2) is 5.82 Å². The Hall–Kier alpha value is -12.4. The molecular formula is C94H65N5. The Kier molecular flexibility index (Phi) is 12.4. The molecule has 0 saturated carbocycles. The highest BCUT2D eigenvalue weighted by Gasteiger charge is 2.37. The molecule has 4 heterocycles. The maximum Gasteiger partial charge on any atom is 0.160 e. The van der Waals surface area contributed by atoms with E-state index in [0.717, 1.165) is 61.6 Å². The molecule has 0 atom stereocenters. The first-order chi connectivity index (χ1) is 48.6. The number of hydrogen-bond donors (Lipinski definition) is 0. The van der Waals surface area contributed by atoms with E-state index in [1.54, 1.807) is 0 Å². The van der Waals surface area contributed by atoms with Gasteiger partial charge in [0.05, 0.1) is 44.5 Å². The van der Waals surface area contributed by atoms with Gasteiger partial charge in [-0.2, -0.15) is 0 Å². The Bertz CT molecular complexity index is 6380. The molecule has 18 aromatic rings. The molecule has 0 radical (unpaired) electrons. The predicted octanol–water partition coefficient (Wildman–Crippen LogP) is 24.4. The van der Waals surface area contributed by atoms with Gasteiger partial charge in [0, 0.05) is 76.9 Å². The predicted molar refractivity (Wildman–Crippen MR) is 413 cm³/mol. The smallest absolute Gasteiger partial charge is 0.160 e. The lowest BCUT2D eigenvalue weighted by atomic mass is 9.82. The molecule has 5 nitrogen and oxygen atoms in total. The summed E-state index contributed by atoms with van der Waals surface area (Å²) in [5, 5.41) is 7.30. The fourth-order valence-corrected chi connectivity index (χ4v) is 16.9. The topological polar surface area (TPSA) is 40.6 Å². The van der Waals surface area contributed by atoms with Crippen molar-refractivity contribution in [3.8, 4) is 107 Å². The second-order valence-corrected chi connectivity index (χ2v) is 28.1. The molecule has 0 spiro atoms. The molecule has 4 aromatic heterocycles. The number of para-hydroxylation sites is 2. The minimum Gasteiger partial charge on any atom is -0.309 e. The van der Waals surface area contributed by atoms with Crippen LogP contribution >= 0.6 is 0 Å². The molecule has 0 fully saturated rings. The average Bonchev–Trinajstić information content (AvgIpc) is 1.57. The van der Waals surface area contributed by atoms with E-state index in [2.05, 4.69) is 357 Å². The summed E-state index contributed by atoms with van der Waals surface area (Å²) in [7, 11) is 0. The number of hydrogen-bond acceptors (Lipinski definition) is 2. The van der Waals surface area contributed by atoms with Gasteiger partial charge in [0.1, 0.15) is 0 Å². The third-order valence-electron chi connectivity index (χ3n) is 21.9. The number of aromatic nitrogens is 5. The van der Waals surface area contributed by atoms with Gasteiger partial charge in [0.2, 0.25) is 0 Å². The van der Waals surface area contributed by atoms with Crippen LogP contribution in [-0.4, -0.2) is 23.7 Å². The average molecular weight is 1260 g/mol. The van der Waals surface area contributed by atoms with Crippen molar-refractivity contribution in [2.45, 2.75) is 38.5 Å². The first-order valence-corrected chi connectivity index (χ1v) is 34.4. The zero-order chi connectivity index (χ0) is 65.8. The Balaban J connectivity index is 0.697. The standard InChI is InChI=1S/C94H65N5/c1-93(2)80-27-15-11-23-70(80)72-45-43-68(55-82(72)93)98-87-30-18-14-26-75(87)77-52-64(38-48-89(77)98)66-40-50-91-79(54-66)78-53-65(39-49-90(78)99(91)69-44-46-73-71-24-12-16-28-81(71)94(3,4)83(73)56-69)63-37-47-88-76(51-63)74-25-13-17-29-86(74)97(88)67-41-35-62(36-42-67)92-95-84(60-21-9-6-10-22-60)57-85(96-92)61-33-31-59(32-34-61)58-19-7-5-8-20-58/h5-57H,1-4H3. The van der Waals surface area contributed by atoms with Crippen LogP contribution in [0, 0.1) is 0 Å². The SMILES string of the molecule is CC1(C)c2ccccc2-c2ccc(-n3c4ccccc4c4cc(-c5ccc6c(c5)c5cc(-c7ccc8c(c7)c7ccccc7n8-c7ccc(-c8nc(-c9ccccc9)cc(-c9ccc(-c%10ccccc%10)cc9)n8)cc7)ccc5n6-c5ccc6c(c5)C(C)(C)c5ccccc5-6)ccc43)cc21. The van der Waals surface area contributed by atoms with Crippen LogP contribution in [0.2, 0.25) is 0 Å². The third kappa shape index (κ3) is 8.73. The molecule has 2 aliphatic carbocycles. The molecular weight excluding hydrogens is 1200 g/mol. The van der Waals surface area contributed by atoms with E-state index in [0.29, 0.717) is 5.82 Å². The van der Waals surface area contributed by atoms with Crippen molar-refractivity contribution in [1.29, 1.82) is 0 Å². The fraction of sp³-hybridized carbons (Fsp3) is 0.0638. The molecule has 0 N–H and O–H groups in total. The maximum atomic E-state index is 5.25. The van der Waals surface area contributed by atoms with Gasteiger partial charge in [-0.05, 0) is 193 Å². The summed E-state index contributed by atoms with van der Waals surface area (Å²) in [5.41, 5.74) is 32.8. The van der Waals surface area contributed by atoms with Gasteiger partial charge in [-0.1, -0.05) is 234 Å². The van der Waals surface area contributed by atoms with Crippen LogP contribution in [0.1, 0.15) is 49.9 Å². The molecule has 0 aliphatic heterocycles. The highest BCUT2D eigenvalue weighted by molar-refractivity contribution is 6.15. The molecule has 466 valence electrons. The molecule has 0 saturated heterocycles. The first kappa shape index (κ1) is 56.9. The largest absolute Gasteiger partial charge is 0.309 e. The Morgan fingerprint density at radius 2 is 0.525 bits per heavy atom. The van der Waals surface area contributed by atoms with E-state index in [9.17, 15) is 0 Å². The van der Waals surface area contributed by atoms with Crippen molar-refractivity contribution in [3.63, 3.8) is 0 Å². The van der Waals surface area contributed by atoms with Crippen LogP contribution in [0.4, 0.5) is 0 Å². The summed E-state index contributed by atoms with van der Waals surface area (Å²) in [5.74, 6) is 0.680. The molecule has 14 aromatic carbocycles. The maximum absolute atomic E-state index is 5.25. The van der Waals surface area contributed by atoms with Gasteiger partial charge in [-0.3, -0.25) is 0 Å². The Labute approximate surface area is 574 Å². The molecule has 0 unspecified atom stereocenters. The first-order valence-electron chi connectivity index (χ1n) is 34.4. The molecule has 2 aliphatic rings. The van der Waals surface area contributed by atoms with Gasteiger partial charge < -0.3 is 13.7 Å². The van der Waals surface area contributed by atoms with Crippen molar-refractivity contribution in [2.24, 2.45) is 0 Å². The van der Waals surface area contributed by atoms with Crippen molar-refractivity contribution in [3.05, 3.63) is 344 Å². The summed E-state index contributed by atoms with van der Waals surface area (Å²) >= 11 is 0. The lowest BCUT2D eigenvalue weighted by Crippen LogP contribution is -2.15. The molecule has 99 heavy (non-hydrogen) atoms. The second-order valence-electron chi connectivity index (χ2n) is 28.1. The number of benzene rings is 14. The van der Waals surface area contributed by atoms with Gasteiger partial charge in [-0.15, -0.1) is 0 Å². The second kappa shape index (κ2) is 21.5. The highest BCUT2D eigenvalue weighted by atomic mass is 15.0. The molecule has 0 amide bonds. The molecule has 5 heteroatoms. The van der Waals surface area contributed by atoms with Crippen LogP contribution in [0.15, 0.2) is 322 Å². The van der Waals surface area contributed by atoms with Gasteiger partial charge in [0.25, 0.3) is 0 Å². The number of fused-ring (bicyclic) bond motifs is 15. The summed E-state index contributed by atoms with van der Waals surface area (Å²) in [6, 6.07) is 119. The van der Waals surface area contributed by atoms with E-state index in [1.165, 1.54) is 127 Å². The van der Waals surface area contributed by atoms with Crippen molar-refractivity contribution in [1.82, 2.24) is 23.7 Å². The summed E-state index contributed by atoms with van der Waals surface area (Å²) in [6.07, 6.45) is 0. The number of nitrogens with zero attached hydrogens (tertiary/aromatic N) is 5. The highest BCUT2D eigenvalue weighted by Crippen LogP contribution is 2.52. The summed E-state index contributed by atoms with van der Waals surface area (Å²) in [4.78, 5) is 10.5. The van der Waals surface area contributed by atoms with E-state index in [-0.39, 0.29) is 10.8 Å². The van der Waals surface area contributed by atoms with Crippen molar-refractivity contribution in [2.75, 3.05) is 0 Å². The van der Waals surface area contributed by atoms with Crippen molar-refractivity contribution < 1.29 is 0 Å². The van der Waals surface area contributed by atoms with E-state index in [1.807, 2.05) is 6.07 Å². The lowest BCUT2D eigenvalue weighted by molar-refractivity contribution is 0.660. The van der Waals surface area contributed by atoms with E-state index >= 15 is 0 Å². The van der Waals surface area contributed by atoms with Crippen LogP contribution in [0.5, 0.6) is 0 Å². The summed E-state index contributed by atoms with van der Waals surface area (Å²) < 4.78 is 7.37. The summed E-state index contributed by atoms with van der Waals surface area (Å²) in [6.45, 7) is 9.49. The number of rotatable bonds is 9. The zero-order valence-electron chi connectivity index (χ0n) is 55.3. The monoisotopic (exact) mass is 1260 g/mol. The fourth-order valence-electron chi connectivity index (χ4n) is 16.9. The van der Waals surface area contributed by atoms with Gasteiger partial charge in [-0.25, -0.2) is 9.97 Å². The normalized spacial score (nSPS) is 13.4. The van der Waals surface area contributed by atoms with E-state index in [4.69, 9.17) is 9.97 Å². The zero-order valence-corrected chi connectivity index (χ0v) is 55.3. The molecule has 20 rings (SSSR count).